The predicted molar refractivity (Wildman–Crippen MR) is 107 cm³/mol. The Labute approximate surface area is 165 Å². The fourth-order valence-corrected chi connectivity index (χ4v) is 4.55. The average Bonchev–Trinajstić information content (AvgIpc) is 2.62. The Morgan fingerprint density at radius 2 is 1.56 bits per heavy atom. The maximum atomic E-state index is 12.4. The minimum absolute atomic E-state index is 0.144. The van der Waals surface area contributed by atoms with Crippen molar-refractivity contribution < 1.29 is 8.42 Å². The van der Waals surface area contributed by atoms with Gasteiger partial charge in [0, 0.05) is 47.9 Å². The lowest BCUT2D eigenvalue weighted by Crippen LogP contribution is -2.47. The van der Waals surface area contributed by atoms with Gasteiger partial charge in [0.2, 0.25) is 0 Å². The van der Waals surface area contributed by atoms with Crippen molar-refractivity contribution in [2.75, 3.05) is 43.4 Å². The number of pyridine rings is 1. The van der Waals surface area contributed by atoms with Crippen molar-refractivity contribution >= 4 is 47.5 Å². The maximum absolute atomic E-state index is 12.4. The summed E-state index contributed by atoms with van der Waals surface area (Å²) in [6.45, 7) is 3.95. The van der Waals surface area contributed by atoms with E-state index in [1.54, 1.807) is 30.5 Å². The van der Waals surface area contributed by atoms with Gasteiger partial charge in [-0.25, -0.2) is 13.4 Å². The van der Waals surface area contributed by atoms with Crippen LogP contribution in [0.15, 0.2) is 56.4 Å². The molecule has 134 valence electrons. The molecule has 3 rings (SSSR count). The first kappa shape index (κ1) is 18.8. The van der Waals surface area contributed by atoms with Crippen LogP contribution in [0, 0.1) is 0 Å². The number of rotatable bonds is 5. The highest BCUT2D eigenvalue weighted by Gasteiger charge is 2.21. The SMILES string of the molecule is O=S(=O)(CCN1CCN(c2ccc(Br)cn2)CC1)c1ccc(Br)cc1. The minimum Gasteiger partial charge on any atom is -0.354 e. The zero-order valence-electron chi connectivity index (χ0n) is 13.6. The van der Waals surface area contributed by atoms with E-state index in [4.69, 9.17) is 0 Å². The molecule has 1 aromatic carbocycles. The van der Waals surface area contributed by atoms with Gasteiger partial charge in [-0.3, -0.25) is 4.90 Å². The lowest BCUT2D eigenvalue weighted by Gasteiger charge is -2.35. The van der Waals surface area contributed by atoms with E-state index in [1.165, 1.54) is 0 Å². The third kappa shape index (κ3) is 5.03. The van der Waals surface area contributed by atoms with Gasteiger partial charge in [0.1, 0.15) is 5.82 Å². The molecule has 2 heterocycles. The van der Waals surface area contributed by atoms with Crippen molar-refractivity contribution in [2.24, 2.45) is 0 Å². The first-order chi connectivity index (χ1) is 11.9. The number of hydrogen-bond acceptors (Lipinski definition) is 5. The van der Waals surface area contributed by atoms with E-state index in [0.717, 1.165) is 40.9 Å². The van der Waals surface area contributed by atoms with Crippen LogP contribution in [0.1, 0.15) is 0 Å². The molecule has 0 radical (unpaired) electrons. The molecule has 25 heavy (non-hydrogen) atoms. The van der Waals surface area contributed by atoms with Gasteiger partial charge in [0.15, 0.2) is 9.84 Å². The smallest absolute Gasteiger partial charge is 0.179 e. The average molecular weight is 489 g/mol. The number of nitrogens with zero attached hydrogens (tertiary/aromatic N) is 3. The van der Waals surface area contributed by atoms with Crippen molar-refractivity contribution in [2.45, 2.75) is 4.90 Å². The van der Waals surface area contributed by atoms with Gasteiger partial charge in [0.25, 0.3) is 0 Å². The van der Waals surface area contributed by atoms with Crippen LogP contribution in [0.5, 0.6) is 0 Å². The molecule has 0 atom stereocenters. The Morgan fingerprint density at radius 3 is 2.16 bits per heavy atom. The normalized spacial score (nSPS) is 16.2. The van der Waals surface area contributed by atoms with Crippen LogP contribution in [0.4, 0.5) is 5.82 Å². The molecular formula is C17H19Br2N3O2S. The Hall–Kier alpha value is -0.960. The van der Waals surface area contributed by atoms with Crippen molar-refractivity contribution in [3.8, 4) is 0 Å². The Bertz CT molecular complexity index is 803. The van der Waals surface area contributed by atoms with E-state index in [0.29, 0.717) is 11.4 Å². The zero-order chi connectivity index (χ0) is 17.9. The molecule has 0 N–H and O–H groups in total. The molecule has 1 aromatic heterocycles. The van der Waals surface area contributed by atoms with Crippen LogP contribution in [0.25, 0.3) is 0 Å². The molecule has 8 heteroatoms. The molecule has 1 aliphatic rings. The monoisotopic (exact) mass is 487 g/mol. The first-order valence-electron chi connectivity index (χ1n) is 8.01. The number of benzene rings is 1. The second-order valence-electron chi connectivity index (χ2n) is 5.94. The van der Waals surface area contributed by atoms with Gasteiger partial charge in [-0.05, 0) is 52.3 Å². The summed E-state index contributed by atoms with van der Waals surface area (Å²) < 4.78 is 26.7. The molecule has 0 saturated carbocycles. The highest BCUT2D eigenvalue weighted by atomic mass is 79.9. The summed E-state index contributed by atoms with van der Waals surface area (Å²) in [5, 5.41) is 0. The van der Waals surface area contributed by atoms with Crippen molar-refractivity contribution in [1.29, 1.82) is 0 Å². The third-order valence-corrected chi connectivity index (χ3v) is 6.97. The number of sulfone groups is 1. The lowest BCUT2D eigenvalue weighted by atomic mass is 10.3. The number of aromatic nitrogens is 1. The maximum Gasteiger partial charge on any atom is 0.179 e. The van der Waals surface area contributed by atoms with E-state index in [1.807, 2.05) is 12.1 Å². The molecular weight excluding hydrogens is 470 g/mol. The fraction of sp³-hybridized carbons (Fsp3) is 0.353. The Balaban J connectivity index is 1.52. The Morgan fingerprint density at radius 1 is 0.920 bits per heavy atom. The highest BCUT2D eigenvalue weighted by Crippen LogP contribution is 2.18. The quantitative estimate of drug-likeness (QED) is 0.646. The first-order valence-corrected chi connectivity index (χ1v) is 11.2. The summed E-state index contributed by atoms with van der Waals surface area (Å²) in [6, 6.07) is 10.8. The van der Waals surface area contributed by atoms with E-state index in [2.05, 4.69) is 46.6 Å². The number of anilines is 1. The molecule has 0 unspecified atom stereocenters. The van der Waals surface area contributed by atoms with Crippen LogP contribution < -0.4 is 4.90 Å². The molecule has 0 amide bonds. The van der Waals surface area contributed by atoms with Crippen molar-refractivity contribution in [3.05, 3.63) is 51.5 Å². The minimum atomic E-state index is -3.24. The predicted octanol–water partition coefficient (Wildman–Crippen LogP) is 3.20. The van der Waals surface area contributed by atoms with E-state index < -0.39 is 9.84 Å². The summed E-state index contributed by atoms with van der Waals surface area (Å²) in [5.41, 5.74) is 0. The molecule has 5 nitrogen and oxygen atoms in total. The van der Waals surface area contributed by atoms with Gasteiger partial charge in [-0.2, -0.15) is 0 Å². The van der Waals surface area contributed by atoms with Crippen LogP contribution in [-0.2, 0) is 9.84 Å². The standard InChI is InChI=1S/C17H19Br2N3O2S/c18-14-1-4-16(5-2-14)25(23,24)12-11-21-7-9-22(10-8-21)17-6-3-15(19)13-20-17/h1-6,13H,7-12H2. The molecule has 0 spiro atoms. The molecule has 2 aromatic rings. The van der Waals surface area contributed by atoms with Crippen molar-refractivity contribution in [1.82, 2.24) is 9.88 Å². The second kappa shape index (κ2) is 8.16. The fourth-order valence-electron chi connectivity index (χ4n) is 2.76. The van der Waals surface area contributed by atoms with Crippen LogP contribution >= 0.6 is 31.9 Å². The molecule has 1 saturated heterocycles. The Kier molecular flexibility index (Phi) is 6.14. The topological polar surface area (TPSA) is 53.5 Å². The molecule has 0 aliphatic carbocycles. The summed E-state index contributed by atoms with van der Waals surface area (Å²) in [4.78, 5) is 9.23. The van der Waals surface area contributed by atoms with E-state index in [-0.39, 0.29) is 5.75 Å². The third-order valence-electron chi connectivity index (χ3n) is 4.26. The number of halogens is 2. The summed E-state index contributed by atoms with van der Waals surface area (Å²) in [6.07, 6.45) is 1.80. The van der Waals surface area contributed by atoms with E-state index in [9.17, 15) is 8.42 Å². The van der Waals surface area contributed by atoms with Gasteiger partial charge in [-0.15, -0.1) is 0 Å². The van der Waals surface area contributed by atoms with Gasteiger partial charge in [0.05, 0.1) is 10.6 Å². The van der Waals surface area contributed by atoms with Crippen LogP contribution in [-0.4, -0.2) is 56.8 Å². The summed E-state index contributed by atoms with van der Waals surface area (Å²) in [5.74, 6) is 1.11. The van der Waals surface area contributed by atoms with E-state index >= 15 is 0 Å². The second-order valence-corrected chi connectivity index (χ2v) is 9.88. The van der Waals surface area contributed by atoms with Crippen LogP contribution in [0.2, 0.25) is 0 Å². The van der Waals surface area contributed by atoms with Crippen LogP contribution in [0.3, 0.4) is 0 Å². The molecule has 1 aliphatic heterocycles. The largest absolute Gasteiger partial charge is 0.354 e. The highest BCUT2D eigenvalue weighted by molar-refractivity contribution is 9.10. The summed E-state index contributed by atoms with van der Waals surface area (Å²) >= 11 is 6.72. The number of hydrogen-bond donors (Lipinski definition) is 0. The zero-order valence-corrected chi connectivity index (χ0v) is 17.6. The molecule has 1 fully saturated rings. The van der Waals surface area contributed by atoms with Gasteiger partial charge >= 0.3 is 0 Å². The van der Waals surface area contributed by atoms with Gasteiger partial charge in [-0.1, -0.05) is 15.9 Å². The molecule has 0 bridgehead atoms. The number of piperazine rings is 1. The van der Waals surface area contributed by atoms with Crippen molar-refractivity contribution in [3.63, 3.8) is 0 Å². The summed E-state index contributed by atoms with van der Waals surface area (Å²) in [7, 11) is -3.24. The lowest BCUT2D eigenvalue weighted by molar-refractivity contribution is 0.271. The van der Waals surface area contributed by atoms with Gasteiger partial charge < -0.3 is 4.90 Å².